The van der Waals surface area contributed by atoms with E-state index in [0.717, 1.165) is 0 Å². The Kier molecular flexibility index (Phi) is 5.80. The van der Waals surface area contributed by atoms with Crippen molar-refractivity contribution < 1.29 is 24.2 Å². The maximum Gasteiger partial charge on any atom is 0.408 e. The van der Waals surface area contributed by atoms with Gasteiger partial charge in [0.15, 0.2) is 0 Å². The normalized spacial score (nSPS) is 12.6. The fraction of sp³-hybridized carbons (Fsp3) is 0.667. The number of rotatable bonds is 4. The highest BCUT2D eigenvalue weighted by Gasteiger charge is 2.24. The number of aliphatic carboxylic acids is 1. The fourth-order valence-corrected chi connectivity index (χ4v) is 1.35. The molecule has 17 heavy (non-hydrogen) atoms. The minimum Gasteiger partial charge on any atom is -0.480 e. The largest absolute Gasteiger partial charge is 0.480 e. The first kappa shape index (κ1) is 15.6. The number of nitrogens with one attached hydrogen (secondary N) is 1. The van der Waals surface area contributed by atoms with Crippen molar-refractivity contribution in [1.29, 1.82) is 0 Å². The lowest BCUT2D eigenvalue weighted by Crippen LogP contribution is -2.45. The van der Waals surface area contributed by atoms with Crippen LogP contribution in [0.25, 0.3) is 0 Å². The first-order valence-corrected chi connectivity index (χ1v) is 5.75. The van der Waals surface area contributed by atoms with Crippen LogP contribution in [-0.2, 0) is 9.53 Å². The first-order chi connectivity index (χ1) is 7.61. The Hall–Kier alpha value is -1.44. The van der Waals surface area contributed by atoms with E-state index < -0.39 is 28.9 Å². The second-order valence-corrected chi connectivity index (χ2v) is 5.19. The summed E-state index contributed by atoms with van der Waals surface area (Å²) in [5.74, 6) is -1.41. The standard InChI is InChI=1S/C9H16N2O5S/c1-9(2,3)16-8(15)11-5(6(12)13)4-17-7(10)14/h5H,4H2,1-3H3,(H2,10,14)(H,11,15)(H,12,13). The number of ether oxygens (including phenoxy) is 1. The summed E-state index contributed by atoms with van der Waals surface area (Å²) < 4.78 is 4.89. The van der Waals surface area contributed by atoms with Crippen LogP contribution >= 0.6 is 11.8 Å². The van der Waals surface area contributed by atoms with Crippen LogP contribution in [0.5, 0.6) is 0 Å². The molecule has 8 heteroatoms. The summed E-state index contributed by atoms with van der Waals surface area (Å²) >= 11 is 0.615. The van der Waals surface area contributed by atoms with Crippen LogP contribution in [0.2, 0.25) is 0 Å². The molecule has 2 amide bonds. The minimum absolute atomic E-state index is 0.149. The number of hydrogen-bond donors (Lipinski definition) is 3. The SMILES string of the molecule is CC(C)(C)OC(=O)NC(CSC(N)=O)C(=O)O. The molecule has 0 rings (SSSR count). The molecule has 0 aliphatic carbocycles. The molecule has 0 aromatic carbocycles. The summed E-state index contributed by atoms with van der Waals surface area (Å²) in [6.07, 6.45) is -0.852. The van der Waals surface area contributed by atoms with Crippen LogP contribution < -0.4 is 11.1 Å². The molecule has 98 valence electrons. The average molecular weight is 264 g/mol. The maximum absolute atomic E-state index is 11.3. The van der Waals surface area contributed by atoms with E-state index in [1.807, 2.05) is 0 Å². The van der Waals surface area contributed by atoms with Crippen molar-refractivity contribution >= 4 is 29.1 Å². The number of hydrogen-bond acceptors (Lipinski definition) is 5. The topological polar surface area (TPSA) is 119 Å². The number of carbonyl (C=O) groups excluding carboxylic acids is 2. The minimum atomic E-state index is -1.26. The van der Waals surface area contributed by atoms with E-state index in [4.69, 9.17) is 15.6 Å². The van der Waals surface area contributed by atoms with E-state index in [2.05, 4.69) is 5.32 Å². The zero-order chi connectivity index (χ0) is 13.6. The zero-order valence-electron chi connectivity index (χ0n) is 9.85. The van der Waals surface area contributed by atoms with Crippen molar-refractivity contribution in [3.8, 4) is 0 Å². The molecule has 0 aliphatic heterocycles. The Morgan fingerprint density at radius 3 is 2.29 bits per heavy atom. The lowest BCUT2D eigenvalue weighted by atomic mass is 10.2. The fourth-order valence-electron chi connectivity index (χ4n) is 0.790. The highest BCUT2D eigenvalue weighted by atomic mass is 32.2. The van der Waals surface area contributed by atoms with Gasteiger partial charge in [-0.1, -0.05) is 11.8 Å². The lowest BCUT2D eigenvalue weighted by Gasteiger charge is -2.21. The van der Waals surface area contributed by atoms with Gasteiger partial charge in [-0.3, -0.25) is 4.79 Å². The van der Waals surface area contributed by atoms with Crippen LogP contribution in [0, 0.1) is 0 Å². The predicted molar refractivity (Wildman–Crippen MR) is 62.8 cm³/mol. The summed E-state index contributed by atoms with van der Waals surface area (Å²) in [4.78, 5) is 32.6. The quantitative estimate of drug-likeness (QED) is 0.690. The number of carbonyl (C=O) groups is 3. The molecular formula is C9H16N2O5S. The Morgan fingerprint density at radius 2 is 1.94 bits per heavy atom. The predicted octanol–water partition coefficient (Wildman–Crippen LogP) is 0.776. The van der Waals surface area contributed by atoms with Crippen molar-refractivity contribution in [2.75, 3.05) is 5.75 Å². The zero-order valence-corrected chi connectivity index (χ0v) is 10.7. The smallest absolute Gasteiger partial charge is 0.408 e. The summed E-state index contributed by atoms with van der Waals surface area (Å²) in [5, 5.41) is 10.2. The van der Waals surface area contributed by atoms with Crippen molar-refractivity contribution in [3.63, 3.8) is 0 Å². The molecule has 1 unspecified atom stereocenters. The molecule has 0 aromatic heterocycles. The van der Waals surface area contributed by atoms with Gasteiger partial charge in [0.25, 0.3) is 5.24 Å². The third-order valence-corrected chi connectivity index (χ3v) is 2.17. The highest BCUT2D eigenvalue weighted by molar-refractivity contribution is 8.13. The Labute approximate surface area is 103 Å². The molecule has 0 radical (unpaired) electrons. The van der Waals surface area contributed by atoms with Crippen LogP contribution in [0.3, 0.4) is 0 Å². The summed E-state index contributed by atoms with van der Waals surface area (Å²) in [6.45, 7) is 4.96. The van der Waals surface area contributed by atoms with E-state index in [9.17, 15) is 14.4 Å². The lowest BCUT2D eigenvalue weighted by molar-refractivity contribution is -0.138. The van der Waals surface area contributed by atoms with Gasteiger partial charge in [-0.2, -0.15) is 0 Å². The number of carboxylic acid groups (broad SMARTS) is 1. The first-order valence-electron chi connectivity index (χ1n) is 4.76. The number of amides is 2. The molecule has 0 aliphatic rings. The molecule has 0 bridgehead atoms. The van der Waals surface area contributed by atoms with Gasteiger partial charge < -0.3 is 20.9 Å². The van der Waals surface area contributed by atoms with Crippen LogP contribution in [0.4, 0.5) is 9.59 Å². The molecule has 4 N–H and O–H groups in total. The van der Waals surface area contributed by atoms with Crippen molar-refractivity contribution in [1.82, 2.24) is 5.32 Å². The second-order valence-electron chi connectivity index (χ2n) is 4.17. The monoisotopic (exact) mass is 264 g/mol. The van der Waals surface area contributed by atoms with Gasteiger partial charge in [-0.05, 0) is 20.8 Å². The molecule has 0 spiro atoms. The van der Waals surface area contributed by atoms with Gasteiger partial charge in [0.2, 0.25) is 0 Å². The summed E-state index contributed by atoms with van der Waals surface area (Å²) in [6, 6.07) is -1.22. The molecule has 0 saturated carbocycles. The van der Waals surface area contributed by atoms with Crippen molar-refractivity contribution in [2.24, 2.45) is 5.73 Å². The van der Waals surface area contributed by atoms with Crippen LogP contribution in [0.1, 0.15) is 20.8 Å². The molecule has 0 saturated heterocycles. The van der Waals surface area contributed by atoms with E-state index in [-0.39, 0.29) is 5.75 Å². The van der Waals surface area contributed by atoms with Gasteiger partial charge >= 0.3 is 12.1 Å². The van der Waals surface area contributed by atoms with Crippen LogP contribution in [-0.4, -0.2) is 39.8 Å². The Bertz CT molecular complexity index is 313. The third kappa shape index (κ3) is 8.38. The summed E-state index contributed by atoms with van der Waals surface area (Å²) in [7, 11) is 0. The van der Waals surface area contributed by atoms with Crippen molar-refractivity contribution in [3.05, 3.63) is 0 Å². The Morgan fingerprint density at radius 1 is 1.41 bits per heavy atom. The van der Waals surface area contributed by atoms with Gasteiger partial charge in [-0.15, -0.1) is 0 Å². The van der Waals surface area contributed by atoms with Gasteiger partial charge in [0.1, 0.15) is 11.6 Å². The average Bonchev–Trinajstić information content (AvgIpc) is 2.08. The molecule has 0 aromatic rings. The number of alkyl carbamates (subject to hydrolysis) is 1. The second kappa shape index (κ2) is 6.33. The van der Waals surface area contributed by atoms with Gasteiger partial charge in [-0.25, -0.2) is 9.59 Å². The number of thioether (sulfide) groups is 1. The van der Waals surface area contributed by atoms with Gasteiger partial charge in [0.05, 0.1) is 0 Å². The number of nitrogens with two attached hydrogens (primary N) is 1. The van der Waals surface area contributed by atoms with Gasteiger partial charge in [0, 0.05) is 5.75 Å². The van der Waals surface area contributed by atoms with E-state index >= 15 is 0 Å². The molecule has 7 nitrogen and oxygen atoms in total. The molecule has 0 heterocycles. The maximum atomic E-state index is 11.3. The Balaban J connectivity index is 4.30. The molecule has 0 fully saturated rings. The summed E-state index contributed by atoms with van der Waals surface area (Å²) in [5.41, 5.74) is 4.14. The van der Waals surface area contributed by atoms with Crippen molar-refractivity contribution in [2.45, 2.75) is 32.4 Å². The number of carboxylic acids is 1. The third-order valence-electron chi connectivity index (χ3n) is 1.38. The molecule has 1 atom stereocenters. The van der Waals surface area contributed by atoms with E-state index in [1.165, 1.54) is 0 Å². The van der Waals surface area contributed by atoms with E-state index in [0.29, 0.717) is 11.8 Å². The van der Waals surface area contributed by atoms with E-state index in [1.54, 1.807) is 20.8 Å². The van der Waals surface area contributed by atoms with Crippen LogP contribution in [0.15, 0.2) is 0 Å². The highest BCUT2D eigenvalue weighted by Crippen LogP contribution is 2.08. The molecular weight excluding hydrogens is 248 g/mol. The number of primary amides is 1.